The summed E-state index contributed by atoms with van der Waals surface area (Å²) in [4.78, 5) is 4.52. The fraction of sp³-hybridized carbons (Fsp3) is 0.462. The molecule has 4 nitrogen and oxygen atoms in total. The maximum Gasteiger partial charge on any atom is 0.149 e. The summed E-state index contributed by atoms with van der Waals surface area (Å²) < 4.78 is 24.9. The molecule has 1 unspecified atom stereocenters. The molecule has 2 rings (SSSR count). The molecule has 0 aliphatic carbocycles. The number of alkyl halides is 1. The van der Waals surface area contributed by atoms with Gasteiger partial charge in [-0.2, -0.15) is 0 Å². The zero-order chi connectivity index (χ0) is 14.2. The first-order valence-corrected chi connectivity index (χ1v) is 8.63. The Bertz CT molecular complexity index is 707. The summed E-state index contributed by atoms with van der Waals surface area (Å²) in [6, 6.07) is 5.69. The van der Waals surface area contributed by atoms with Gasteiger partial charge in [0, 0.05) is 12.3 Å². The van der Waals surface area contributed by atoms with Crippen LogP contribution in [0.15, 0.2) is 18.2 Å². The SMILES string of the molecule is Cc1cccc2c1nc(CCl)n2C(C)CS(C)(=O)=O. The number of para-hydroxylation sites is 1. The van der Waals surface area contributed by atoms with E-state index in [-0.39, 0.29) is 17.7 Å². The van der Waals surface area contributed by atoms with Crippen molar-refractivity contribution in [3.63, 3.8) is 0 Å². The Labute approximate surface area is 118 Å². The zero-order valence-electron chi connectivity index (χ0n) is 11.2. The predicted molar refractivity (Wildman–Crippen MR) is 78.4 cm³/mol. The number of halogens is 1. The number of hydrogen-bond acceptors (Lipinski definition) is 3. The number of benzene rings is 1. The lowest BCUT2D eigenvalue weighted by molar-refractivity contribution is 0.561. The quantitative estimate of drug-likeness (QED) is 0.816. The molecule has 2 aromatic rings. The average molecular weight is 301 g/mol. The Morgan fingerprint density at radius 3 is 2.68 bits per heavy atom. The van der Waals surface area contributed by atoms with Crippen LogP contribution in [-0.4, -0.2) is 30.0 Å². The molecule has 0 saturated carbocycles. The number of aromatic nitrogens is 2. The summed E-state index contributed by atoms with van der Waals surface area (Å²) in [5.74, 6) is 1.06. The lowest BCUT2D eigenvalue weighted by atomic mass is 10.2. The molecule has 0 aliphatic rings. The molecular weight excluding hydrogens is 284 g/mol. The molecule has 1 aromatic carbocycles. The third-order valence-corrected chi connectivity index (χ3v) is 4.43. The fourth-order valence-electron chi connectivity index (χ4n) is 2.40. The van der Waals surface area contributed by atoms with Gasteiger partial charge >= 0.3 is 0 Å². The van der Waals surface area contributed by atoms with Gasteiger partial charge in [0.1, 0.15) is 15.7 Å². The van der Waals surface area contributed by atoms with Crippen molar-refractivity contribution in [2.24, 2.45) is 0 Å². The molecule has 1 atom stereocenters. The Morgan fingerprint density at radius 1 is 1.42 bits per heavy atom. The molecule has 104 valence electrons. The number of sulfone groups is 1. The monoisotopic (exact) mass is 300 g/mol. The molecule has 6 heteroatoms. The van der Waals surface area contributed by atoms with Crippen molar-refractivity contribution in [3.8, 4) is 0 Å². The second-order valence-corrected chi connectivity index (χ2v) is 7.37. The number of aryl methyl sites for hydroxylation is 1. The van der Waals surface area contributed by atoms with Crippen LogP contribution in [-0.2, 0) is 15.7 Å². The van der Waals surface area contributed by atoms with Crippen LogP contribution >= 0.6 is 11.6 Å². The van der Waals surface area contributed by atoms with Gasteiger partial charge in [0.05, 0.1) is 22.7 Å². The average Bonchev–Trinajstić information content (AvgIpc) is 2.66. The third kappa shape index (κ3) is 2.92. The van der Waals surface area contributed by atoms with Gasteiger partial charge in [-0.1, -0.05) is 12.1 Å². The summed E-state index contributed by atoms with van der Waals surface area (Å²) >= 11 is 5.94. The van der Waals surface area contributed by atoms with E-state index in [9.17, 15) is 8.42 Å². The van der Waals surface area contributed by atoms with Gasteiger partial charge in [-0.25, -0.2) is 13.4 Å². The fourth-order valence-corrected chi connectivity index (χ4v) is 3.62. The van der Waals surface area contributed by atoms with Crippen LogP contribution in [0.1, 0.15) is 24.4 Å². The summed E-state index contributed by atoms with van der Waals surface area (Å²) in [6.07, 6.45) is 1.24. The largest absolute Gasteiger partial charge is 0.323 e. The maximum absolute atomic E-state index is 11.5. The van der Waals surface area contributed by atoms with Crippen molar-refractivity contribution in [3.05, 3.63) is 29.6 Å². The van der Waals surface area contributed by atoms with Crippen LogP contribution in [0.3, 0.4) is 0 Å². The Kier molecular flexibility index (Phi) is 3.87. The molecule has 0 radical (unpaired) electrons. The summed E-state index contributed by atoms with van der Waals surface area (Å²) in [5.41, 5.74) is 2.89. The van der Waals surface area contributed by atoms with Crippen LogP contribution in [0.4, 0.5) is 0 Å². The van der Waals surface area contributed by atoms with E-state index in [4.69, 9.17) is 11.6 Å². The molecule has 0 amide bonds. The van der Waals surface area contributed by atoms with Crippen LogP contribution in [0.25, 0.3) is 11.0 Å². The zero-order valence-corrected chi connectivity index (χ0v) is 12.8. The van der Waals surface area contributed by atoms with Gasteiger partial charge in [-0.05, 0) is 25.5 Å². The first kappa shape index (κ1) is 14.3. The minimum Gasteiger partial charge on any atom is -0.323 e. The van der Waals surface area contributed by atoms with Gasteiger partial charge in [-0.3, -0.25) is 0 Å². The molecule has 0 bridgehead atoms. The standard InChI is InChI=1S/C13H17ClN2O2S/c1-9-5-4-6-11-13(9)15-12(7-14)16(11)10(2)8-19(3,17)18/h4-6,10H,7-8H2,1-3H3. The lowest BCUT2D eigenvalue weighted by Crippen LogP contribution is -2.18. The first-order chi connectivity index (χ1) is 8.83. The third-order valence-electron chi connectivity index (χ3n) is 3.10. The molecule has 1 aromatic heterocycles. The van der Waals surface area contributed by atoms with Crippen molar-refractivity contribution in [1.29, 1.82) is 0 Å². The van der Waals surface area contributed by atoms with E-state index < -0.39 is 9.84 Å². The van der Waals surface area contributed by atoms with E-state index in [2.05, 4.69) is 4.98 Å². The van der Waals surface area contributed by atoms with Gasteiger partial charge < -0.3 is 4.57 Å². The van der Waals surface area contributed by atoms with Gasteiger partial charge in [0.2, 0.25) is 0 Å². The van der Waals surface area contributed by atoms with E-state index in [0.717, 1.165) is 16.6 Å². The van der Waals surface area contributed by atoms with Crippen LogP contribution in [0.2, 0.25) is 0 Å². The predicted octanol–water partition coefficient (Wildman–Crippen LogP) is 2.69. The minimum absolute atomic E-state index is 0.0797. The van der Waals surface area contributed by atoms with Gasteiger partial charge in [-0.15, -0.1) is 11.6 Å². The van der Waals surface area contributed by atoms with Crippen LogP contribution < -0.4 is 0 Å². The van der Waals surface area contributed by atoms with Crippen molar-refractivity contribution in [2.45, 2.75) is 25.8 Å². The highest BCUT2D eigenvalue weighted by Gasteiger charge is 2.19. The Balaban J connectivity index is 2.61. The summed E-state index contributed by atoms with van der Waals surface area (Å²) in [7, 11) is -3.04. The Hall–Kier alpha value is -1.07. The highest BCUT2D eigenvalue weighted by atomic mass is 35.5. The smallest absolute Gasteiger partial charge is 0.149 e. The maximum atomic E-state index is 11.5. The molecular formula is C13H17ClN2O2S. The van der Waals surface area contributed by atoms with E-state index in [0.29, 0.717) is 5.82 Å². The van der Waals surface area contributed by atoms with Crippen molar-refractivity contribution in [2.75, 3.05) is 12.0 Å². The Morgan fingerprint density at radius 2 is 2.11 bits per heavy atom. The molecule has 19 heavy (non-hydrogen) atoms. The molecule has 0 N–H and O–H groups in total. The molecule has 1 heterocycles. The minimum atomic E-state index is -3.04. The lowest BCUT2D eigenvalue weighted by Gasteiger charge is -2.16. The highest BCUT2D eigenvalue weighted by Crippen LogP contribution is 2.25. The topological polar surface area (TPSA) is 52.0 Å². The van der Waals surface area contributed by atoms with E-state index in [1.807, 2.05) is 36.6 Å². The number of imidazole rings is 1. The second-order valence-electron chi connectivity index (χ2n) is 4.92. The van der Waals surface area contributed by atoms with Crippen LogP contribution in [0.5, 0.6) is 0 Å². The first-order valence-electron chi connectivity index (χ1n) is 6.03. The van der Waals surface area contributed by atoms with Gasteiger partial charge in [0.15, 0.2) is 0 Å². The molecule has 0 aliphatic heterocycles. The molecule has 0 spiro atoms. The van der Waals surface area contributed by atoms with E-state index in [1.165, 1.54) is 6.26 Å². The van der Waals surface area contributed by atoms with Crippen molar-refractivity contribution in [1.82, 2.24) is 9.55 Å². The van der Waals surface area contributed by atoms with Crippen molar-refractivity contribution >= 4 is 32.5 Å². The molecule has 0 fully saturated rings. The summed E-state index contributed by atoms with van der Waals surface area (Å²) in [5, 5.41) is 0. The molecule has 0 saturated heterocycles. The van der Waals surface area contributed by atoms with Crippen LogP contribution in [0, 0.1) is 6.92 Å². The number of fused-ring (bicyclic) bond motifs is 1. The normalized spacial score (nSPS) is 13.9. The van der Waals surface area contributed by atoms with E-state index >= 15 is 0 Å². The van der Waals surface area contributed by atoms with E-state index in [1.54, 1.807) is 0 Å². The van der Waals surface area contributed by atoms with Crippen molar-refractivity contribution < 1.29 is 8.42 Å². The number of rotatable bonds is 4. The highest BCUT2D eigenvalue weighted by molar-refractivity contribution is 7.90. The number of hydrogen-bond donors (Lipinski definition) is 0. The number of nitrogens with zero attached hydrogens (tertiary/aromatic N) is 2. The second kappa shape index (κ2) is 5.13. The van der Waals surface area contributed by atoms with Gasteiger partial charge in [0.25, 0.3) is 0 Å². The summed E-state index contributed by atoms with van der Waals surface area (Å²) in [6.45, 7) is 3.86.